The lowest BCUT2D eigenvalue weighted by atomic mass is 10.1. The van der Waals surface area contributed by atoms with Gasteiger partial charge in [-0.1, -0.05) is 18.2 Å². The molecule has 4 N–H and O–H groups in total. The Labute approximate surface area is 160 Å². The molecule has 148 valence electrons. The number of quaternary nitrogens is 1. The van der Waals surface area contributed by atoms with Crippen molar-refractivity contribution in [3.8, 4) is 0 Å². The van der Waals surface area contributed by atoms with Gasteiger partial charge in [0.15, 0.2) is 6.17 Å². The van der Waals surface area contributed by atoms with Gasteiger partial charge in [-0.05, 0) is 12.1 Å². The topological polar surface area (TPSA) is 138 Å². The van der Waals surface area contributed by atoms with Gasteiger partial charge in [-0.15, -0.1) is 0 Å². The Balaban J connectivity index is 1.60. The number of carbonyl (C=O) groups is 3. The number of rotatable bonds is 3. The van der Waals surface area contributed by atoms with Crippen molar-refractivity contribution in [3.63, 3.8) is 0 Å². The van der Waals surface area contributed by atoms with Crippen molar-refractivity contribution < 1.29 is 24.2 Å². The molecule has 0 bridgehead atoms. The predicted molar refractivity (Wildman–Crippen MR) is 98.1 cm³/mol. The van der Waals surface area contributed by atoms with Gasteiger partial charge in [0.1, 0.15) is 24.8 Å². The lowest BCUT2D eigenvalue weighted by Crippen LogP contribution is -2.71. The Kier molecular flexibility index (Phi) is 4.53. The van der Waals surface area contributed by atoms with Crippen LogP contribution < -0.4 is 10.6 Å². The van der Waals surface area contributed by atoms with Crippen LogP contribution in [0.5, 0.6) is 0 Å². The van der Waals surface area contributed by atoms with Crippen molar-refractivity contribution in [1.82, 2.24) is 20.6 Å². The second-order valence-corrected chi connectivity index (χ2v) is 7.18. The summed E-state index contributed by atoms with van der Waals surface area (Å²) >= 11 is 0. The highest BCUT2D eigenvalue weighted by molar-refractivity contribution is 5.98. The molecular formula is C18H21N5O5. The van der Waals surface area contributed by atoms with Crippen molar-refractivity contribution >= 4 is 28.7 Å². The van der Waals surface area contributed by atoms with Crippen LogP contribution in [0.25, 0.3) is 10.9 Å². The minimum Gasteiger partial charge on any atom is -0.604 e. The maximum Gasteiger partial charge on any atom is 0.313 e. The Hall–Kier alpha value is -2.95. The molecule has 0 saturated carbocycles. The van der Waals surface area contributed by atoms with Crippen molar-refractivity contribution in [1.29, 1.82) is 0 Å². The summed E-state index contributed by atoms with van der Waals surface area (Å²) in [6.07, 6.45) is -0.686. The average molecular weight is 387 g/mol. The second kappa shape index (κ2) is 6.89. The van der Waals surface area contributed by atoms with Crippen LogP contribution in [0.3, 0.4) is 0 Å². The van der Waals surface area contributed by atoms with Gasteiger partial charge < -0.3 is 15.3 Å². The van der Waals surface area contributed by atoms with Gasteiger partial charge in [0, 0.05) is 30.3 Å². The number of aromatic amines is 1. The Morgan fingerprint density at radius 1 is 1.32 bits per heavy atom. The van der Waals surface area contributed by atoms with Crippen molar-refractivity contribution in [3.05, 3.63) is 41.2 Å². The first-order chi connectivity index (χ1) is 13.4. The molecular weight excluding hydrogens is 366 g/mol. The minimum absolute atomic E-state index is 0.0507. The van der Waals surface area contributed by atoms with E-state index < -0.39 is 28.7 Å². The van der Waals surface area contributed by atoms with Crippen LogP contribution in [-0.2, 0) is 9.59 Å². The molecule has 1 aromatic heterocycles. The molecule has 2 saturated heterocycles. The number of nitrogens with zero attached hydrogens (tertiary/aromatic N) is 2. The van der Waals surface area contributed by atoms with E-state index >= 15 is 0 Å². The molecule has 2 fully saturated rings. The molecule has 2 aliphatic rings. The van der Waals surface area contributed by atoms with Crippen LogP contribution in [0.2, 0.25) is 0 Å². The summed E-state index contributed by atoms with van der Waals surface area (Å²) in [5.41, 5.74) is 1.10. The number of carboxylic acids is 1. The number of aromatic nitrogens is 1. The van der Waals surface area contributed by atoms with E-state index in [-0.39, 0.29) is 38.5 Å². The number of hydroxylamine groups is 2. The second-order valence-electron chi connectivity index (χ2n) is 7.18. The number of carbonyl (C=O) groups excluding carboxylic acids is 2. The zero-order valence-corrected chi connectivity index (χ0v) is 15.1. The van der Waals surface area contributed by atoms with E-state index in [1.165, 1.54) is 0 Å². The third kappa shape index (κ3) is 3.11. The van der Waals surface area contributed by atoms with Crippen LogP contribution in [-0.4, -0.2) is 63.6 Å². The first-order valence-corrected chi connectivity index (χ1v) is 9.10. The van der Waals surface area contributed by atoms with Crippen LogP contribution in [0.4, 0.5) is 0 Å². The Bertz CT molecular complexity index is 910. The zero-order valence-electron chi connectivity index (χ0n) is 15.1. The molecule has 2 aliphatic heterocycles. The van der Waals surface area contributed by atoms with Crippen molar-refractivity contribution in [2.45, 2.75) is 19.0 Å². The summed E-state index contributed by atoms with van der Waals surface area (Å²) in [6, 6.07) is 9.10. The van der Waals surface area contributed by atoms with Gasteiger partial charge in [0.25, 0.3) is 11.8 Å². The Morgan fingerprint density at radius 3 is 2.86 bits per heavy atom. The van der Waals surface area contributed by atoms with E-state index in [1.807, 2.05) is 24.3 Å². The maximum atomic E-state index is 13.6. The molecule has 10 heteroatoms. The molecule has 3 heterocycles. The van der Waals surface area contributed by atoms with Crippen LogP contribution in [0.1, 0.15) is 23.3 Å². The van der Waals surface area contributed by atoms with Crippen LogP contribution in [0.15, 0.2) is 30.3 Å². The number of benzene rings is 1. The lowest BCUT2D eigenvalue weighted by Gasteiger charge is -2.55. The summed E-state index contributed by atoms with van der Waals surface area (Å²) in [6.45, 7) is -0.291. The number of aliphatic carboxylic acids is 1. The van der Waals surface area contributed by atoms with E-state index in [1.54, 1.807) is 6.07 Å². The van der Waals surface area contributed by atoms with Gasteiger partial charge >= 0.3 is 5.97 Å². The standard InChI is InChI=1S/C18H21N5O5/c24-16-6-5-15(23(28)9-12(18(26)27)8-19-10-22(16)23)21-17(25)14-7-11-3-1-2-4-13(11)20-14/h1-4,7,12,15,19-20H,5-6,8-10H2,(H,21,25)(H,26,27)/t12-,15?,23?/m0/s1. The number of amides is 2. The van der Waals surface area contributed by atoms with Gasteiger partial charge in [-0.25, -0.2) is 4.76 Å². The maximum absolute atomic E-state index is 13.6. The van der Waals surface area contributed by atoms with E-state index in [4.69, 9.17) is 0 Å². The Morgan fingerprint density at radius 2 is 2.11 bits per heavy atom. The highest BCUT2D eigenvalue weighted by atomic mass is 16.6. The average Bonchev–Trinajstić information content (AvgIpc) is 3.01. The molecule has 2 unspecified atom stereocenters. The van der Waals surface area contributed by atoms with Gasteiger partial charge in [-0.3, -0.25) is 25.0 Å². The zero-order chi connectivity index (χ0) is 19.9. The highest BCUT2D eigenvalue weighted by Crippen LogP contribution is 2.29. The van der Waals surface area contributed by atoms with Gasteiger partial charge in [-0.2, -0.15) is 5.01 Å². The number of para-hydroxylation sites is 1. The third-order valence-electron chi connectivity index (χ3n) is 5.37. The number of H-pyrrole nitrogens is 1. The summed E-state index contributed by atoms with van der Waals surface area (Å²) in [5, 5.41) is 30.5. The summed E-state index contributed by atoms with van der Waals surface area (Å²) in [4.78, 5) is 39.5. The molecule has 0 radical (unpaired) electrons. The van der Waals surface area contributed by atoms with Crippen LogP contribution in [0, 0.1) is 11.1 Å². The number of hydrogen-bond donors (Lipinski definition) is 4. The van der Waals surface area contributed by atoms with Crippen LogP contribution >= 0.6 is 0 Å². The van der Waals surface area contributed by atoms with E-state index in [2.05, 4.69) is 15.6 Å². The highest BCUT2D eigenvalue weighted by Gasteiger charge is 2.48. The largest absolute Gasteiger partial charge is 0.604 e. The lowest BCUT2D eigenvalue weighted by molar-refractivity contribution is -1.01. The normalized spacial score (nSPS) is 27.9. The molecule has 2 amide bonds. The fourth-order valence-corrected chi connectivity index (χ4v) is 3.87. The van der Waals surface area contributed by atoms with Crippen molar-refractivity contribution in [2.24, 2.45) is 5.92 Å². The monoisotopic (exact) mass is 387 g/mol. The van der Waals surface area contributed by atoms with E-state index in [0.717, 1.165) is 15.9 Å². The molecule has 2 aromatic rings. The summed E-state index contributed by atoms with van der Waals surface area (Å²) in [5.74, 6) is -2.89. The number of nitrogens with one attached hydrogen (secondary N) is 3. The molecule has 10 nitrogen and oxygen atoms in total. The van der Waals surface area contributed by atoms with Crippen molar-refractivity contribution in [2.75, 3.05) is 19.8 Å². The molecule has 4 rings (SSSR count). The smallest absolute Gasteiger partial charge is 0.313 e. The van der Waals surface area contributed by atoms with E-state index in [0.29, 0.717) is 5.69 Å². The molecule has 28 heavy (non-hydrogen) atoms. The SMILES string of the molecule is O=C(NC1CCC(=O)N2CNC[C@H](C(=O)O)C[N+]12[O-])c1cc2ccccc2[nH]1. The number of fused-ring (bicyclic) bond motifs is 2. The van der Waals surface area contributed by atoms with E-state index in [9.17, 15) is 24.7 Å². The molecule has 0 aliphatic carbocycles. The molecule has 1 aromatic carbocycles. The number of hydrogen-bond acceptors (Lipinski definition) is 5. The molecule has 0 spiro atoms. The van der Waals surface area contributed by atoms with Gasteiger partial charge in [0.2, 0.25) is 0 Å². The quantitative estimate of drug-likeness (QED) is 0.443. The molecule has 3 atom stereocenters. The summed E-state index contributed by atoms with van der Waals surface area (Å²) in [7, 11) is 0. The first kappa shape index (κ1) is 18.4. The minimum atomic E-state index is -1.20. The van der Waals surface area contributed by atoms with Gasteiger partial charge in [0.05, 0.1) is 0 Å². The fourth-order valence-electron chi connectivity index (χ4n) is 3.87. The summed E-state index contributed by atoms with van der Waals surface area (Å²) < 4.78 is -1.20. The fraction of sp³-hybridized carbons (Fsp3) is 0.389. The predicted octanol–water partition coefficient (Wildman–Crippen LogP) is 0.337. The number of carboxylic acid groups (broad SMARTS) is 1. The third-order valence-corrected chi connectivity index (χ3v) is 5.37. The first-order valence-electron chi connectivity index (χ1n) is 9.10.